The molecule has 6 heterocycles. The minimum Gasteiger partial charge on any atom is -0.457 e. The summed E-state index contributed by atoms with van der Waals surface area (Å²) in [4.78, 5) is 68.0. The number of nitrogens with zero attached hydrogens (tertiary/aromatic N) is 8. The first kappa shape index (κ1) is 36.2. The Morgan fingerprint density at radius 3 is 2.10 bits per heavy atom. The molecule has 1 saturated carbocycles. The van der Waals surface area contributed by atoms with E-state index in [-0.39, 0.29) is 24.8 Å². The molecule has 4 fully saturated rings. The first-order chi connectivity index (χ1) is 28.3. The first-order valence-electron chi connectivity index (χ1n) is 20.2. The van der Waals surface area contributed by atoms with Gasteiger partial charge in [0.05, 0.1) is 22.6 Å². The molecular formula is C43H44N10O5. The number of rotatable bonds is 8. The summed E-state index contributed by atoms with van der Waals surface area (Å²) >= 11 is 0. The number of nitrogen functional groups attached to an aromatic ring is 1. The highest BCUT2D eigenvalue weighted by molar-refractivity contribution is 6.23. The van der Waals surface area contributed by atoms with Gasteiger partial charge >= 0.3 is 0 Å². The van der Waals surface area contributed by atoms with Crippen molar-refractivity contribution in [3.8, 4) is 22.8 Å². The smallest absolute Gasteiger partial charge is 0.262 e. The average molecular weight is 781 g/mol. The number of para-hydroxylation sites is 1. The Morgan fingerprint density at radius 1 is 0.707 bits per heavy atom. The number of fused-ring (bicyclic) bond motifs is 2. The molecule has 5 aliphatic rings. The van der Waals surface area contributed by atoms with Gasteiger partial charge in [-0.3, -0.25) is 39.2 Å². The molecule has 0 spiro atoms. The van der Waals surface area contributed by atoms with Crippen molar-refractivity contribution in [2.45, 2.75) is 62.7 Å². The normalized spacial score (nSPS) is 23.3. The van der Waals surface area contributed by atoms with Crippen molar-refractivity contribution in [2.24, 2.45) is 0 Å². The fourth-order valence-corrected chi connectivity index (χ4v) is 9.45. The maximum Gasteiger partial charge on any atom is 0.262 e. The van der Waals surface area contributed by atoms with Crippen molar-refractivity contribution < 1.29 is 23.9 Å². The number of nitrogens with one attached hydrogen (secondary N) is 1. The Labute approximate surface area is 334 Å². The van der Waals surface area contributed by atoms with Crippen LogP contribution < -0.4 is 20.7 Å². The largest absolute Gasteiger partial charge is 0.457 e. The minimum absolute atomic E-state index is 0.0979. The Hall–Kier alpha value is -6.19. The van der Waals surface area contributed by atoms with Gasteiger partial charge in [-0.1, -0.05) is 18.2 Å². The van der Waals surface area contributed by atoms with Crippen molar-refractivity contribution in [3.63, 3.8) is 0 Å². The third-order valence-electron chi connectivity index (χ3n) is 12.7. The summed E-state index contributed by atoms with van der Waals surface area (Å²) in [6, 6.07) is 23.2. The van der Waals surface area contributed by atoms with Gasteiger partial charge in [0, 0.05) is 69.0 Å². The van der Waals surface area contributed by atoms with Crippen molar-refractivity contribution in [3.05, 3.63) is 90.3 Å². The van der Waals surface area contributed by atoms with Crippen LogP contribution in [0, 0.1) is 0 Å². The molecule has 1 atom stereocenters. The minimum atomic E-state index is -0.966. The maximum atomic E-state index is 13.3. The summed E-state index contributed by atoms with van der Waals surface area (Å²) in [5.74, 6) is 0.00636. The molecule has 3 aromatic carbocycles. The van der Waals surface area contributed by atoms with Crippen LogP contribution in [0.5, 0.6) is 11.5 Å². The number of ether oxygens (including phenoxy) is 1. The standard InChI is InChI=1S/C43H44N10O5/c44-39-37-38(26-6-13-32(14-7-26)58-31-4-2-1-3-5-31)48-53(40(37)46-25-45-39)28-10-8-27(9-11-28)49-18-20-50(21-19-49)30-23-51(24-30)29-12-15-33-34(22-29)43(57)52(42(33)56)35-16-17-36(54)47-41(35)55/h1-7,12-15,22,25,27-28,30,35H,8-11,16-21,23-24H2,(H2,44,45,46)(H,47,54,55)/t27?,28?,35-/m1/s1. The Bertz CT molecular complexity index is 2420. The average Bonchev–Trinajstić information content (AvgIpc) is 3.74. The van der Waals surface area contributed by atoms with Crippen LogP contribution in [0.4, 0.5) is 11.5 Å². The molecule has 4 amide bonds. The zero-order valence-electron chi connectivity index (χ0n) is 32.0. The Kier molecular flexibility index (Phi) is 9.13. The van der Waals surface area contributed by atoms with Gasteiger partial charge in [0.15, 0.2) is 5.65 Å². The van der Waals surface area contributed by atoms with Gasteiger partial charge in [0.25, 0.3) is 11.8 Å². The number of hydrogen-bond donors (Lipinski definition) is 2. The number of piperazine rings is 1. The maximum absolute atomic E-state index is 13.3. The van der Waals surface area contributed by atoms with Crippen LogP contribution in [0.25, 0.3) is 22.3 Å². The topological polar surface area (TPSA) is 172 Å². The van der Waals surface area contributed by atoms with Gasteiger partial charge in [-0.25, -0.2) is 14.6 Å². The summed E-state index contributed by atoms with van der Waals surface area (Å²) in [6.07, 6.45) is 5.96. The lowest BCUT2D eigenvalue weighted by Crippen LogP contribution is -2.64. The molecule has 0 bridgehead atoms. The molecule has 15 heteroatoms. The number of benzene rings is 3. The number of carbonyl (C=O) groups excluding carboxylic acids is 4. The molecule has 3 saturated heterocycles. The van der Waals surface area contributed by atoms with Crippen LogP contribution in [-0.2, 0) is 9.59 Å². The van der Waals surface area contributed by atoms with Crippen LogP contribution >= 0.6 is 0 Å². The van der Waals surface area contributed by atoms with Crippen LogP contribution in [-0.4, -0.2) is 115 Å². The number of amides is 4. The van der Waals surface area contributed by atoms with Crippen molar-refractivity contribution in [1.82, 2.24) is 39.8 Å². The van der Waals surface area contributed by atoms with E-state index in [1.165, 1.54) is 6.33 Å². The van der Waals surface area contributed by atoms with E-state index in [1.807, 2.05) is 60.7 Å². The van der Waals surface area contributed by atoms with E-state index < -0.39 is 23.8 Å². The summed E-state index contributed by atoms with van der Waals surface area (Å²) in [7, 11) is 0. The van der Waals surface area contributed by atoms with Crippen molar-refractivity contribution in [1.29, 1.82) is 0 Å². The Balaban J connectivity index is 0.731. The van der Waals surface area contributed by atoms with Gasteiger partial charge < -0.3 is 15.4 Å². The van der Waals surface area contributed by atoms with Gasteiger partial charge in [-0.15, -0.1) is 0 Å². The van der Waals surface area contributed by atoms with E-state index >= 15 is 0 Å². The van der Waals surface area contributed by atoms with E-state index in [9.17, 15) is 19.2 Å². The highest BCUT2D eigenvalue weighted by Gasteiger charge is 2.45. The highest BCUT2D eigenvalue weighted by atomic mass is 16.5. The summed E-state index contributed by atoms with van der Waals surface area (Å²) in [5.41, 5.74) is 10.5. The monoisotopic (exact) mass is 780 g/mol. The molecule has 10 rings (SSSR count). The van der Waals surface area contributed by atoms with Crippen LogP contribution in [0.3, 0.4) is 0 Å². The first-order valence-corrected chi connectivity index (χ1v) is 20.2. The fourth-order valence-electron chi connectivity index (χ4n) is 9.45. The second-order valence-corrected chi connectivity index (χ2v) is 16.0. The molecule has 0 unspecified atom stereocenters. The quantitative estimate of drug-likeness (QED) is 0.215. The third-order valence-corrected chi connectivity index (χ3v) is 12.7. The van der Waals surface area contributed by atoms with Crippen molar-refractivity contribution in [2.75, 3.05) is 49.9 Å². The molecule has 58 heavy (non-hydrogen) atoms. The number of aromatic nitrogens is 4. The second-order valence-electron chi connectivity index (χ2n) is 16.0. The zero-order chi connectivity index (χ0) is 39.5. The number of anilines is 2. The number of imide groups is 2. The number of piperidine rings is 1. The third kappa shape index (κ3) is 6.43. The molecule has 3 N–H and O–H groups in total. The SMILES string of the molecule is Nc1ncnc2c1c(-c1ccc(Oc3ccccc3)cc1)nn2C1CCC(N2CCN(C3CN(c4ccc5c(c4)C(=O)N([C@@H]4CCC(=O)NC4=O)C5=O)C3)CC2)CC1. The molecule has 2 aromatic heterocycles. The van der Waals surface area contributed by atoms with Gasteiger partial charge in [0.1, 0.15) is 35.4 Å². The molecule has 4 aliphatic heterocycles. The van der Waals surface area contributed by atoms with Gasteiger partial charge in [0.2, 0.25) is 11.8 Å². The zero-order valence-corrected chi connectivity index (χ0v) is 32.0. The van der Waals surface area contributed by atoms with E-state index in [4.69, 9.17) is 15.6 Å². The summed E-state index contributed by atoms with van der Waals surface area (Å²) in [6.45, 7) is 5.77. The lowest BCUT2D eigenvalue weighted by Gasteiger charge is -2.50. The predicted octanol–water partition coefficient (Wildman–Crippen LogP) is 4.26. The molecule has 5 aromatic rings. The molecule has 296 valence electrons. The predicted molar refractivity (Wildman–Crippen MR) is 215 cm³/mol. The summed E-state index contributed by atoms with van der Waals surface area (Å²) in [5, 5.41) is 8.16. The van der Waals surface area contributed by atoms with Crippen LogP contribution in [0.2, 0.25) is 0 Å². The molecule has 0 radical (unpaired) electrons. The Morgan fingerprint density at radius 2 is 1.38 bits per heavy atom. The lowest BCUT2D eigenvalue weighted by molar-refractivity contribution is -0.136. The van der Waals surface area contributed by atoms with Gasteiger partial charge in [-0.2, -0.15) is 5.10 Å². The van der Waals surface area contributed by atoms with E-state index in [0.717, 1.165) is 109 Å². The lowest BCUT2D eigenvalue weighted by atomic mass is 9.89. The number of hydrogen-bond acceptors (Lipinski definition) is 12. The molecule has 1 aliphatic carbocycles. The molecular weight excluding hydrogens is 737 g/mol. The van der Waals surface area contributed by atoms with Crippen LogP contribution in [0.1, 0.15) is 65.3 Å². The second kappa shape index (κ2) is 14.6. The van der Waals surface area contributed by atoms with Crippen LogP contribution in [0.15, 0.2) is 79.1 Å². The highest BCUT2D eigenvalue weighted by Crippen LogP contribution is 2.38. The fraction of sp³-hybridized carbons (Fsp3) is 0.372. The van der Waals surface area contributed by atoms with E-state index in [1.54, 1.807) is 12.1 Å². The van der Waals surface area contributed by atoms with E-state index in [0.29, 0.717) is 29.0 Å². The summed E-state index contributed by atoms with van der Waals surface area (Å²) < 4.78 is 8.09. The number of carbonyl (C=O) groups is 4. The number of nitrogens with two attached hydrogens (primary N) is 1. The van der Waals surface area contributed by atoms with E-state index in [2.05, 4.69) is 34.7 Å². The van der Waals surface area contributed by atoms with Crippen molar-refractivity contribution >= 4 is 46.2 Å². The van der Waals surface area contributed by atoms with Gasteiger partial charge in [-0.05, 0) is 86.7 Å². The molecule has 15 nitrogen and oxygen atoms in total.